The molecule has 1 aromatic carbocycles. The molecule has 0 aliphatic carbocycles. The van der Waals surface area contributed by atoms with Gasteiger partial charge in [-0.1, -0.05) is 12.1 Å². The van der Waals surface area contributed by atoms with Gasteiger partial charge in [0.1, 0.15) is 12.4 Å². The van der Waals surface area contributed by atoms with Crippen molar-refractivity contribution in [2.24, 2.45) is 0 Å². The van der Waals surface area contributed by atoms with Gasteiger partial charge in [-0.05, 0) is 60.2 Å². The van der Waals surface area contributed by atoms with Crippen molar-refractivity contribution >= 4 is 34.2 Å². The number of allylic oxidation sites excluding steroid dienone is 1. The summed E-state index contributed by atoms with van der Waals surface area (Å²) in [6, 6.07) is 8.43. The second-order valence-electron chi connectivity index (χ2n) is 5.69. The number of fused-ring (bicyclic) bond motifs is 1. The monoisotopic (exact) mass is 432 g/mol. The fourth-order valence-corrected chi connectivity index (χ4v) is 3.38. The molecule has 24 heavy (non-hydrogen) atoms. The summed E-state index contributed by atoms with van der Waals surface area (Å²) in [4.78, 5) is 4.35. The van der Waals surface area contributed by atoms with Crippen LogP contribution >= 0.6 is 22.6 Å². The number of nitrogens with zero attached hydrogens (tertiary/aromatic N) is 5. The summed E-state index contributed by atoms with van der Waals surface area (Å²) in [5.41, 5.74) is 4.48. The highest BCUT2D eigenvalue weighted by molar-refractivity contribution is 14.1. The lowest BCUT2D eigenvalue weighted by molar-refractivity contribution is 0.600. The molecule has 6 nitrogen and oxygen atoms in total. The average molecular weight is 432 g/mol. The van der Waals surface area contributed by atoms with Crippen molar-refractivity contribution in [2.75, 3.05) is 5.32 Å². The number of rotatable bonds is 3. The van der Waals surface area contributed by atoms with Crippen molar-refractivity contribution in [3.8, 4) is 0 Å². The highest BCUT2D eigenvalue weighted by Crippen LogP contribution is 2.33. The van der Waals surface area contributed by atoms with Gasteiger partial charge in [-0.2, -0.15) is 15.2 Å². The number of halogens is 1. The number of aromatic nitrogens is 5. The highest BCUT2D eigenvalue weighted by atomic mass is 127. The zero-order valence-electron chi connectivity index (χ0n) is 13.4. The summed E-state index contributed by atoms with van der Waals surface area (Å²) in [6.07, 6.45) is 5.70. The third kappa shape index (κ3) is 2.52. The van der Waals surface area contributed by atoms with Gasteiger partial charge in [0.25, 0.3) is 0 Å². The lowest BCUT2D eigenvalue weighted by Gasteiger charge is -2.24. The Hall–Kier alpha value is -2.16. The zero-order chi connectivity index (χ0) is 16.7. The molecule has 122 valence electrons. The largest absolute Gasteiger partial charge is 0.324 e. The summed E-state index contributed by atoms with van der Waals surface area (Å²) >= 11 is 2.31. The predicted octanol–water partition coefficient (Wildman–Crippen LogP) is 3.46. The molecule has 3 aromatic rings. The summed E-state index contributed by atoms with van der Waals surface area (Å²) in [6.45, 7) is 5.05. The molecule has 1 aliphatic heterocycles. The van der Waals surface area contributed by atoms with Crippen LogP contribution in [0.15, 0.2) is 42.9 Å². The van der Waals surface area contributed by atoms with Crippen molar-refractivity contribution in [2.45, 2.75) is 26.4 Å². The topological polar surface area (TPSA) is 60.6 Å². The van der Waals surface area contributed by atoms with Crippen molar-refractivity contribution in [1.29, 1.82) is 0 Å². The van der Waals surface area contributed by atoms with Gasteiger partial charge in [0.15, 0.2) is 0 Å². The van der Waals surface area contributed by atoms with Crippen molar-refractivity contribution in [3.05, 3.63) is 63.3 Å². The molecule has 0 amide bonds. The summed E-state index contributed by atoms with van der Waals surface area (Å²) in [7, 11) is 0. The van der Waals surface area contributed by atoms with Crippen LogP contribution in [0.1, 0.15) is 29.8 Å². The third-order valence-electron chi connectivity index (χ3n) is 4.32. The van der Waals surface area contributed by atoms with E-state index in [0.717, 1.165) is 35.0 Å². The van der Waals surface area contributed by atoms with Gasteiger partial charge in [0.2, 0.25) is 5.95 Å². The van der Waals surface area contributed by atoms with E-state index < -0.39 is 0 Å². The Morgan fingerprint density at radius 1 is 1.21 bits per heavy atom. The van der Waals surface area contributed by atoms with Crippen LogP contribution < -0.4 is 5.32 Å². The van der Waals surface area contributed by atoms with Crippen LogP contribution in [0.2, 0.25) is 0 Å². The predicted molar refractivity (Wildman–Crippen MR) is 102 cm³/mol. The molecule has 2 aromatic heterocycles. The maximum atomic E-state index is 4.48. The molecule has 0 unspecified atom stereocenters. The Bertz CT molecular complexity index is 906. The minimum absolute atomic E-state index is 0.0154. The number of aryl methyl sites for hydroxylation is 1. The molecule has 0 saturated carbocycles. The fraction of sp³-hybridized carbons (Fsp3) is 0.235. The third-order valence-corrected chi connectivity index (χ3v) is 5.04. The van der Waals surface area contributed by atoms with Gasteiger partial charge in [-0.3, -0.25) is 4.68 Å². The molecule has 7 heteroatoms. The first kappa shape index (κ1) is 15.4. The number of hydrogen-bond donors (Lipinski definition) is 1. The Morgan fingerprint density at radius 3 is 2.71 bits per heavy atom. The van der Waals surface area contributed by atoms with E-state index in [2.05, 4.69) is 87.3 Å². The Morgan fingerprint density at radius 2 is 2.00 bits per heavy atom. The molecule has 0 bridgehead atoms. The first-order valence-corrected chi connectivity index (χ1v) is 8.92. The minimum Gasteiger partial charge on any atom is -0.324 e. The first-order chi connectivity index (χ1) is 11.7. The molecule has 0 radical (unpaired) electrons. The molecule has 1 atom stereocenters. The van der Waals surface area contributed by atoms with Crippen molar-refractivity contribution in [1.82, 2.24) is 24.5 Å². The molecule has 3 heterocycles. The van der Waals surface area contributed by atoms with Crippen LogP contribution in [0.3, 0.4) is 0 Å². The van der Waals surface area contributed by atoms with Crippen molar-refractivity contribution in [3.63, 3.8) is 0 Å². The minimum atomic E-state index is -0.0154. The molecule has 1 N–H and O–H groups in total. The number of benzene rings is 1. The molecule has 4 rings (SSSR count). The van der Waals surface area contributed by atoms with Gasteiger partial charge in [0, 0.05) is 27.1 Å². The van der Waals surface area contributed by atoms with E-state index in [1.54, 1.807) is 6.33 Å². The van der Waals surface area contributed by atoms with Crippen LogP contribution in [0.25, 0.3) is 5.70 Å². The lowest BCUT2D eigenvalue weighted by atomic mass is 10.0. The van der Waals surface area contributed by atoms with Crippen LogP contribution in [0.4, 0.5) is 5.95 Å². The van der Waals surface area contributed by atoms with Crippen LogP contribution in [-0.2, 0) is 6.54 Å². The average Bonchev–Trinajstić information content (AvgIpc) is 3.21. The number of anilines is 1. The summed E-state index contributed by atoms with van der Waals surface area (Å²) in [5.74, 6) is 0.750. The van der Waals surface area contributed by atoms with E-state index in [1.165, 1.54) is 3.57 Å². The maximum Gasteiger partial charge on any atom is 0.226 e. The Kier molecular flexibility index (Phi) is 3.87. The second-order valence-corrected chi connectivity index (χ2v) is 6.93. The molecule has 0 fully saturated rings. The van der Waals surface area contributed by atoms with Crippen LogP contribution in [0.5, 0.6) is 0 Å². The lowest BCUT2D eigenvalue weighted by Crippen LogP contribution is -2.20. The summed E-state index contributed by atoms with van der Waals surface area (Å²) < 4.78 is 5.12. The Labute approximate surface area is 153 Å². The van der Waals surface area contributed by atoms with Crippen LogP contribution in [-0.4, -0.2) is 24.5 Å². The van der Waals surface area contributed by atoms with Gasteiger partial charge in [-0.25, -0.2) is 4.68 Å². The highest BCUT2D eigenvalue weighted by Gasteiger charge is 2.26. The van der Waals surface area contributed by atoms with Gasteiger partial charge in [0.05, 0.1) is 6.20 Å². The maximum absolute atomic E-state index is 4.48. The van der Waals surface area contributed by atoms with Gasteiger partial charge < -0.3 is 5.32 Å². The van der Waals surface area contributed by atoms with E-state index in [-0.39, 0.29) is 6.04 Å². The van der Waals surface area contributed by atoms with E-state index in [9.17, 15) is 0 Å². The fourth-order valence-electron chi connectivity index (χ4n) is 3.02. The quantitative estimate of drug-likeness (QED) is 0.645. The van der Waals surface area contributed by atoms with Gasteiger partial charge in [-0.15, -0.1) is 0 Å². The molecular weight excluding hydrogens is 415 g/mol. The number of hydrogen-bond acceptors (Lipinski definition) is 4. The van der Waals surface area contributed by atoms with E-state index in [1.807, 2.05) is 15.6 Å². The van der Waals surface area contributed by atoms with E-state index in [0.29, 0.717) is 0 Å². The standard InChI is InChI=1S/C17H17IN6/c1-3-23-11(2)14(9-20-23)16-8-15(12-4-6-13(18)7-5-12)22-17-19-10-21-24(16)17/h4-10,16H,3H2,1-2H3,(H,19,21,22)/t16-/m1/s1. The van der Waals surface area contributed by atoms with Crippen molar-refractivity contribution < 1.29 is 0 Å². The summed E-state index contributed by atoms with van der Waals surface area (Å²) in [5, 5.41) is 12.2. The SMILES string of the molecule is CCn1ncc([C@H]2C=C(c3ccc(I)cc3)Nc3ncnn32)c1C. The molecular formula is C17H17IN6. The van der Waals surface area contributed by atoms with E-state index in [4.69, 9.17) is 0 Å². The molecule has 0 spiro atoms. The Balaban J connectivity index is 1.82. The second kappa shape index (κ2) is 6.04. The van der Waals surface area contributed by atoms with Gasteiger partial charge >= 0.3 is 0 Å². The number of nitrogens with one attached hydrogen (secondary N) is 1. The molecule has 1 aliphatic rings. The zero-order valence-corrected chi connectivity index (χ0v) is 15.6. The smallest absolute Gasteiger partial charge is 0.226 e. The van der Waals surface area contributed by atoms with E-state index >= 15 is 0 Å². The molecule has 0 saturated heterocycles. The van der Waals surface area contributed by atoms with Crippen LogP contribution in [0, 0.1) is 10.5 Å². The normalized spacial score (nSPS) is 16.5. The first-order valence-electron chi connectivity index (χ1n) is 7.84.